The summed E-state index contributed by atoms with van der Waals surface area (Å²) in [5.41, 5.74) is -2.55. The maximum Gasteiger partial charge on any atom is 0.165 e. The number of nitrogens with zero attached hydrogens (tertiary/aromatic N) is 4. The van der Waals surface area contributed by atoms with Gasteiger partial charge in [-0.25, -0.2) is 0 Å². The second-order valence-corrected chi connectivity index (χ2v) is 5.27. The minimum Gasteiger partial charge on any atom is -0.196 e. The molecule has 0 radical (unpaired) electrons. The highest BCUT2D eigenvalue weighted by Gasteiger charge is 2.28. The van der Waals surface area contributed by atoms with Crippen molar-refractivity contribution in [2.75, 3.05) is 0 Å². The first-order valence-electron chi connectivity index (χ1n) is 7.54. The summed E-state index contributed by atoms with van der Waals surface area (Å²) in [6, 6.07) is 7.91. The zero-order chi connectivity index (χ0) is 19.1. The van der Waals surface area contributed by atoms with Gasteiger partial charge in [-0.2, -0.15) is 21.0 Å². The number of hydrogen-bond donors (Lipinski definition) is 0. The molecule has 0 atom stereocenters. The lowest BCUT2D eigenvalue weighted by atomic mass is 9.84. The van der Waals surface area contributed by atoms with Gasteiger partial charge in [0.1, 0.15) is 0 Å². The van der Waals surface area contributed by atoms with Crippen LogP contribution in [0.5, 0.6) is 0 Å². The first-order chi connectivity index (χ1) is 12.7. The molecule has 0 aromatic carbocycles. The molecule has 1 rings (SSSR count). The molecule has 0 heterocycles. The summed E-state index contributed by atoms with van der Waals surface area (Å²) in [5.74, 6) is 21.9. The molecule has 26 heavy (non-hydrogen) atoms. The Morgan fingerprint density at radius 3 is 0.923 bits per heavy atom. The topological polar surface area (TPSA) is 95.2 Å². The van der Waals surface area contributed by atoms with Crippen molar-refractivity contribution in [1.29, 1.82) is 21.0 Å². The van der Waals surface area contributed by atoms with Crippen molar-refractivity contribution in [3.63, 3.8) is 0 Å². The standard InChI is InChI=1S/C22H12N4/c23-17-21(18-24)13-9-5-1-2-6-10-14-22(19-25,20-26)16-12-8-4-3-7-11-15-21/h1-4H,13-16H2/b2-1-,4-3-. The second kappa shape index (κ2) is 10.5. The zero-order valence-corrected chi connectivity index (χ0v) is 13.9. The minimum absolute atomic E-state index is 0.0714. The smallest absolute Gasteiger partial charge is 0.165 e. The van der Waals surface area contributed by atoms with E-state index in [1.165, 1.54) is 24.3 Å². The summed E-state index contributed by atoms with van der Waals surface area (Å²) in [5, 5.41) is 37.0. The first kappa shape index (κ1) is 19.7. The highest BCUT2D eigenvalue weighted by Crippen LogP contribution is 2.24. The van der Waals surface area contributed by atoms with Crippen LogP contribution in [0.1, 0.15) is 25.7 Å². The molecule has 0 saturated heterocycles. The van der Waals surface area contributed by atoms with Crippen LogP contribution in [0.4, 0.5) is 0 Å². The molecule has 0 aromatic heterocycles. The number of allylic oxidation sites excluding steroid dienone is 4. The molecule has 1 aliphatic carbocycles. The minimum atomic E-state index is -1.27. The normalized spacial score (nSPS) is 19.2. The third-order valence-corrected chi connectivity index (χ3v) is 3.32. The highest BCUT2D eigenvalue weighted by molar-refractivity contribution is 5.33. The van der Waals surface area contributed by atoms with E-state index in [2.05, 4.69) is 47.4 Å². The number of hydrogen-bond acceptors (Lipinski definition) is 4. The summed E-state index contributed by atoms with van der Waals surface area (Å²) >= 11 is 0. The average Bonchev–Trinajstić information content (AvgIpc) is 2.68. The van der Waals surface area contributed by atoms with Gasteiger partial charge in [-0.1, -0.05) is 47.4 Å². The van der Waals surface area contributed by atoms with Gasteiger partial charge in [-0.3, -0.25) is 0 Å². The predicted octanol–water partition coefficient (Wildman–Crippen LogP) is 2.75. The Morgan fingerprint density at radius 2 is 0.731 bits per heavy atom. The van der Waals surface area contributed by atoms with Crippen molar-refractivity contribution in [2.45, 2.75) is 25.7 Å². The molecule has 0 aliphatic heterocycles. The summed E-state index contributed by atoms with van der Waals surface area (Å²) in [7, 11) is 0. The third kappa shape index (κ3) is 6.05. The van der Waals surface area contributed by atoms with Crippen LogP contribution >= 0.6 is 0 Å². The van der Waals surface area contributed by atoms with Crippen molar-refractivity contribution in [2.24, 2.45) is 10.8 Å². The van der Waals surface area contributed by atoms with E-state index in [0.29, 0.717) is 0 Å². The quantitative estimate of drug-likeness (QED) is 0.637. The Bertz CT molecular complexity index is 844. The summed E-state index contributed by atoms with van der Waals surface area (Å²) in [4.78, 5) is 0. The van der Waals surface area contributed by atoms with E-state index < -0.39 is 10.8 Å². The number of nitriles is 4. The zero-order valence-electron chi connectivity index (χ0n) is 13.9. The summed E-state index contributed by atoms with van der Waals surface area (Å²) in [6.45, 7) is 0. The molecular weight excluding hydrogens is 320 g/mol. The maximum absolute atomic E-state index is 9.25. The van der Waals surface area contributed by atoms with Crippen molar-refractivity contribution in [3.8, 4) is 71.6 Å². The van der Waals surface area contributed by atoms with Gasteiger partial charge in [0.2, 0.25) is 0 Å². The van der Waals surface area contributed by atoms with Crippen LogP contribution in [0, 0.1) is 104 Å². The van der Waals surface area contributed by atoms with Crippen LogP contribution in [-0.2, 0) is 0 Å². The molecule has 0 bridgehead atoms. The van der Waals surface area contributed by atoms with E-state index in [1.807, 2.05) is 24.3 Å². The lowest BCUT2D eigenvalue weighted by Gasteiger charge is -2.10. The van der Waals surface area contributed by atoms with Crippen molar-refractivity contribution >= 4 is 0 Å². The fraction of sp³-hybridized carbons (Fsp3) is 0.273. The van der Waals surface area contributed by atoms with Gasteiger partial charge < -0.3 is 0 Å². The second-order valence-electron chi connectivity index (χ2n) is 5.27. The largest absolute Gasteiger partial charge is 0.196 e. The Morgan fingerprint density at radius 1 is 0.500 bits per heavy atom. The molecule has 0 spiro atoms. The van der Waals surface area contributed by atoms with Crippen LogP contribution < -0.4 is 0 Å². The maximum atomic E-state index is 9.25. The van der Waals surface area contributed by atoms with Gasteiger partial charge >= 0.3 is 0 Å². The van der Waals surface area contributed by atoms with Crippen LogP contribution in [-0.4, -0.2) is 0 Å². The molecular formula is C22H12N4. The molecule has 0 fully saturated rings. The Labute approximate surface area is 154 Å². The summed E-state index contributed by atoms with van der Waals surface area (Å²) in [6.07, 6.45) is 6.25. The third-order valence-electron chi connectivity index (χ3n) is 3.32. The van der Waals surface area contributed by atoms with Crippen molar-refractivity contribution < 1.29 is 0 Å². The lowest BCUT2D eigenvalue weighted by molar-refractivity contribution is 0.556. The van der Waals surface area contributed by atoms with Gasteiger partial charge in [0, 0.05) is 25.7 Å². The van der Waals surface area contributed by atoms with Crippen LogP contribution in [0.2, 0.25) is 0 Å². The van der Waals surface area contributed by atoms with E-state index in [-0.39, 0.29) is 25.7 Å². The Kier molecular flexibility index (Phi) is 7.93. The molecule has 4 nitrogen and oxygen atoms in total. The fourth-order valence-electron chi connectivity index (χ4n) is 1.70. The number of rotatable bonds is 0. The lowest BCUT2D eigenvalue weighted by Crippen LogP contribution is -2.14. The SMILES string of the molecule is N#CC1(C#N)CC#C/C=C\C#CCC(C#N)(C#N)CC#C/C=C\C#CC1. The van der Waals surface area contributed by atoms with Crippen LogP contribution in [0.3, 0.4) is 0 Å². The van der Waals surface area contributed by atoms with Gasteiger partial charge in [-0.05, 0) is 24.3 Å². The Hall–Kier alpha value is -4.32. The van der Waals surface area contributed by atoms with E-state index in [4.69, 9.17) is 0 Å². The molecule has 0 N–H and O–H groups in total. The van der Waals surface area contributed by atoms with Crippen molar-refractivity contribution in [3.05, 3.63) is 24.3 Å². The average molecular weight is 332 g/mol. The Balaban J connectivity index is 3.15. The van der Waals surface area contributed by atoms with Crippen molar-refractivity contribution in [1.82, 2.24) is 0 Å². The van der Waals surface area contributed by atoms with Crippen LogP contribution in [0.25, 0.3) is 0 Å². The molecule has 0 saturated carbocycles. The van der Waals surface area contributed by atoms with Gasteiger partial charge in [0.25, 0.3) is 0 Å². The molecule has 1 aliphatic rings. The van der Waals surface area contributed by atoms with Gasteiger partial charge in [0.05, 0.1) is 24.3 Å². The first-order valence-corrected chi connectivity index (χ1v) is 7.54. The van der Waals surface area contributed by atoms with E-state index in [9.17, 15) is 21.0 Å². The summed E-state index contributed by atoms with van der Waals surface area (Å²) < 4.78 is 0. The molecule has 0 amide bonds. The molecule has 0 unspecified atom stereocenters. The fourth-order valence-corrected chi connectivity index (χ4v) is 1.70. The van der Waals surface area contributed by atoms with E-state index >= 15 is 0 Å². The molecule has 4 heteroatoms. The van der Waals surface area contributed by atoms with E-state index in [0.717, 1.165) is 0 Å². The predicted molar refractivity (Wildman–Crippen MR) is 95.2 cm³/mol. The van der Waals surface area contributed by atoms with Gasteiger partial charge in [-0.15, -0.1) is 0 Å². The highest BCUT2D eigenvalue weighted by atomic mass is 14.4. The van der Waals surface area contributed by atoms with Gasteiger partial charge in [0.15, 0.2) is 10.8 Å². The van der Waals surface area contributed by atoms with E-state index in [1.54, 1.807) is 0 Å². The molecule has 0 aromatic rings. The molecule has 120 valence electrons. The van der Waals surface area contributed by atoms with Crippen LogP contribution in [0.15, 0.2) is 24.3 Å². The monoisotopic (exact) mass is 332 g/mol.